The van der Waals surface area contributed by atoms with E-state index >= 15 is 0 Å². The molecule has 0 aliphatic rings. The van der Waals surface area contributed by atoms with Crippen molar-refractivity contribution in [1.29, 1.82) is 0 Å². The topological polar surface area (TPSA) is 58.9 Å². The number of rotatable bonds is 3. The lowest BCUT2D eigenvalue weighted by Crippen LogP contribution is -2.12. The average Bonchev–Trinajstić information content (AvgIpc) is 3.28. The highest BCUT2D eigenvalue weighted by molar-refractivity contribution is 7.18. The van der Waals surface area contributed by atoms with Gasteiger partial charge in [-0.25, -0.2) is 0 Å². The van der Waals surface area contributed by atoms with Crippen LogP contribution >= 0.6 is 22.7 Å². The van der Waals surface area contributed by atoms with Gasteiger partial charge < -0.3 is 10.7 Å². The summed E-state index contributed by atoms with van der Waals surface area (Å²) >= 11 is 2.01. The van der Waals surface area contributed by atoms with Gasteiger partial charge in [0.15, 0.2) is 0 Å². The first kappa shape index (κ1) is 16.9. The fourth-order valence-corrected chi connectivity index (χ4v) is 4.70. The molecule has 0 saturated heterocycles. The number of thiophene rings is 2. The predicted molar refractivity (Wildman–Crippen MR) is 98.4 cm³/mol. The Morgan fingerprint density at radius 2 is 1.73 bits per heavy atom. The zero-order chi connectivity index (χ0) is 18.5. The molecule has 1 aromatic carbocycles. The Balaban J connectivity index is 2.06. The summed E-state index contributed by atoms with van der Waals surface area (Å²) in [5, 5.41) is 3.24. The van der Waals surface area contributed by atoms with Gasteiger partial charge in [0.25, 0.3) is 0 Å². The number of benzene rings is 1. The second kappa shape index (κ2) is 6.00. The van der Waals surface area contributed by atoms with Crippen molar-refractivity contribution in [3.8, 4) is 22.4 Å². The summed E-state index contributed by atoms with van der Waals surface area (Å²) in [6.45, 7) is 0. The Morgan fingerprint density at radius 1 is 1.00 bits per heavy atom. The van der Waals surface area contributed by atoms with E-state index in [4.69, 9.17) is 5.73 Å². The number of carbonyl (C=O) groups is 1. The number of aromatic amines is 1. The largest absolute Gasteiger partial charge is 0.426 e. The number of carbonyl (C=O) groups excluding carboxylic acids is 1. The highest BCUT2D eigenvalue weighted by atomic mass is 32.1. The van der Waals surface area contributed by atoms with E-state index in [2.05, 4.69) is 4.98 Å². The normalized spacial score (nSPS) is 12.0. The van der Waals surface area contributed by atoms with Crippen LogP contribution < -0.4 is 5.73 Å². The van der Waals surface area contributed by atoms with E-state index in [1.807, 2.05) is 5.38 Å². The van der Waals surface area contributed by atoms with Gasteiger partial charge in [-0.2, -0.15) is 13.2 Å². The van der Waals surface area contributed by atoms with E-state index in [0.717, 1.165) is 5.52 Å². The summed E-state index contributed by atoms with van der Waals surface area (Å²) in [6, 6.07) is 9.90. The monoisotopic (exact) mass is 392 g/mol. The first-order valence-electron chi connectivity index (χ1n) is 7.51. The minimum absolute atomic E-state index is 0.102. The zero-order valence-electron chi connectivity index (χ0n) is 13.1. The maximum atomic E-state index is 13.5. The SMILES string of the molecule is NC(=O)c1ccccc1-c1[nH]c2ccsc2c1-c1ccsc1C(F)(F)F. The van der Waals surface area contributed by atoms with Crippen LogP contribution in [0.15, 0.2) is 47.2 Å². The van der Waals surface area contributed by atoms with Crippen LogP contribution in [0.1, 0.15) is 15.2 Å². The van der Waals surface area contributed by atoms with E-state index in [1.54, 1.807) is 30.3 Å². The van der Waals surface area contributed by atoms with Gasteiger partial charge in [-0.1, -0.05) is 18.2 Å². The molecule has 3 heterocycles. The number of H-pyrrole nitrogens is 1. The molecule has 0 atom stereocenters. The molecule has 4 aromatic rings. The molecule has 3 nitrogen and oxygen atoms in total. The van der Waals surface area contributed by atoms with Gasteiger partial charge in [-0.3, -0.25) is 4.79 Å². The number of fused-ring (bicyclic) bond motifs is 1. The number of amides is 1. The molecule has 8 heteroatoms. The van der Waals surface area contributed by atoms with Gasteiger partial charge in [-0.15, -0.1) is 22.7 Å². The lowest BCUT2D eigenvalue weighted by Gasteiger charge is -2.11. The molecule has 0 spiro atoms. The van der Waals surface area contributed by atoms with E-state index in [9.17, 15) is 18.0 Å². The smallest absolute Gasteiger partial charge is 0.366 e. The number of hydrogen-bond acceptors (Lipinski definition) is 3. The minimum atomic E-state index is -4.45. The quantitative estimate of drug-likeness (QED) is 0.459. The molecule has 1 amide bonds. The Labute approximate surface area is 153 Å². The zero-order valence-corrected chi connectivity index (χ0v) is 14.7. The number of hydrogen-bond donors (Lipinski definition) is 2. The third kappa shape index (κ3) is 2.62. The van der Waals surface area contributed by atoms with Crippen molar-refractivity contribution in [2.75, 3.05) is 0 Å². The van der Waals surface area contributed by atoms with Crippen LogP contribution in [0, 0.1) is 0 Å². The van der Waals surface area contributed by atoms with Crippen molar-refractivity contribution in [2.45, 2.75) is 6.18 Å². The van der Waals surface area contributed by atoms with E-state index in [-0.39, 0.29) is 11.1 Å². The summed E-state index contributed by atoms with van der Waals surface area (Å²) in [5.74, 6) is -0.633. The molecule has 0 aliphatic heterocycles. The fraction of sp³-hybridized carbons (Fsp3) is 0.0556. The standard InChI is InChI=1S/C18H11F3N2OS2/c19-18(20,21)16-11(5-7-26-16)13-14(23-12-6-8-25-15(12)13)9-3-1-2-4-10(9)17(22)24/h1-8,23H,(H2,22,24). The van der Waals surface area contributed by atoms with Crippen LogP contribution in [0.25, 0.3) is 32.6 Å². The maximum absolute atomic E-state index is 13.5. The van der Waals surface area contributed by atoms with Crippen LogP contribution in [0.3, 0.4) is 0 Å². The van der Waals surface area contributed by atoms with Crippen LogP contribution in [0.5, 0.6) is 0 Å². The van der Waals surface area contributed by atoms with Gasteiger partial charge in [-0.05, 0) is 29.0 Å². The molecule has 0 unspecified atom stereocenters. The summed E-state index contributed by atoms with van der Waals surface area (Å²) in [5.41, 5.74) is 7.93. The number of alkyl halides is 3. The first-order valence-corrected chi connectivity index (χ1v) is 9.27. The average molecular weight is 392 g/mol. The Bertz CT molecular complexity index is 1120. The van der Waals surface area contributed by atoms with Crippen molar-refractivity contribution in [1.82, 2.24) is 4.98 Å². The summed E-state index contributed by atoms with van der Waals surface area (Å²) in [6.07, 6.45) is -4.45. The van der Waals surface area contributed by atoms with E-state index in [0.29, 0.717) is 32.9 Å². The van der Waals surface area contributed by atoms with Crippen molar-refractivity contribution in [3.05, 3.63) is 57.6 Å². The Morgan fingerprint density at radius 3 is 2.46 bits per heavy atom. The highest BCUT2D eigenvalue weighted by Gasteiger charge is 2.36. The van der Waals surface area contributed by atoms with Crippen molar-refractivity contribution in [3.63, 3.8) is 0 Å². The molecule has 0 saturated carbocycles. The highest BCUT2D eigenvalue weighted by Crippen LogP contribution is 2.48. The number of nitrogens with two attached hydrogens (primary N) is 1. The molecule has 132 valence electrons. The molecule has 0 fully saturated rings. The van der Waals surface area contributed by atoms with Crippen LogP contribution in [-0.4, -0.2) is 10.9 Å². The Hall–Kier alpha value is -2.58. The van der Waals surface area contributed by atoms with Crippen molar-refractivity contribution >= 4 is 38.8 Å². The molecule has 3 N–H and O–H groups in total. The van der Waals surface area contributed by atoms with Gasteiger partial charge in [0.05, 0.1) is 15.9 Å². The predicted octanol–water partition coefficient (Wildman–Crippen LogP) is 5.74. The van der Waals surface area contributed by atoms with Crippen molar-refractivity contribution < 1.29 is 18.0 Å². The summed E-state index contributed by atoms with van der Waals surface area (Å²) < 4.78 is 41.1. The summed E-state index contributed by atoms with van der Waals surface area (Å²) in [4.78, 5) is 14.3. The molecule has 0 bridgehead atoms. The van der Waals surface area contributed by atoms with Crippen LogP contribution in [-0.2, 0) is 6.18 Å². The number of halogens is 3. The van der Waals surface area contributed by atoms with Crippen LogP contribution in [0.2, 0.25) is 0 Å². The van der Waals surface area contributed by atoms with Crippen LogP contribution in [0.4, 0.5) is 13.2 Å². The van der Waals surface area contributed by atoms with Gasteiger partial charge in [0, 0.05) is 22.3 Å². The molecule has 3 aromatic heterocycles. The molecule has 0 aliphatic carbocycles. The molecule has 4 rings (SSSR count). The second-order valence-corrected chi connectivity index (χ2v) is 7.44. The molecule has 26 heavy (non-hydrogen) atoms. The number of primary amides is 1. The molecular weight excluding hydrogens is 381 g/mol. The van der Waals surface area contributed by atoms with E-state index in [1.165, 1.54) is 22.8 Å². The van der Waals surface area contributed by atoms with Gasteiger partial charge >= 0.3 is 6.18 Å². The van der Waals surface area contributed by atoms with Gasteiger partial charge in [0.2, 0.25) is 5.91 Å². The Kier molecular flexibility index (Phi) is 3.89. The third-order valence-corrected chi connectivity index (χ3v) is 5.95. The maximum Gasteiger partial charge on any atom is 0.426 e. The fourth-order valence-electron chi connectivity index (χ4n) is 3.01. The minimum Gasteiger partial charge on any atom is -0.366 e. The lowest BCUT2D eigenvalue weighted by molar-refractivity contribution is -0.133. The van der Waals surface area contributed by atoms with E-state index < -0.39 is 17.0 Å². The number of nitrogens with one attached hydrogen (secondary N) is 1. The number of aromatic nitrogens is 1. The van der Waals surface area contributed by atoms with Crippen molar-refractivity contribution in [2.24, 2.45) is 5.73 Å². The second-order valence-electron chi connectivity index (χ2n) is 5.61. The third-order valence-electron chi connectivity index (χ3n) is 4.06. The molecule has 0 radical (unpaired) electrons. The molecular formula is C18H11F3N2OS2. The first-order chi connectivity index (χ1) is 12.4. The lowest BCUT2D eigenvalue weighted by atomic mass is 9.97. The summed E-state index contributed by atoms with van der Waals surface area (Å²) in [7, 11) is 0. The van der Waals surface area contributed by atoms with Gasteiger partial charge in [0.1, 0.15) is 4.88 Å².